The zero-order valence-electron chi connectivity index (χ0n) is 20.0. The number of nitrogens with zero attached hydrogens (tertiary/aromatic N) is 2. The molecule has 0 aliphatic heterocycles. The molecule has 2 aromatic heterocycles. The summed E-state index contributed by atoms with van der Waals surface area (Å²) in [5, 5.41) is 3.64. The molecule has 3 aromatic rings. The molecule has 33 heavy (non-hydrogen) atoms. The van der Waals surface area contributed by atoms with Gasteiger partial charge in [-0.15, -0.1) is 0 Å². The lowest BCUT2D eigenvalue weighted by atomic mass is 9.70. The number of benzene rings is 1. The van der Waals surface area contributed by atoms with Gasteiger partial charge in [-0.3, -0.25) is 4.98 Å². The standard InChI is InChI=1S/C27H34N4O2/c1-17(2)23-11-21(18(3)10-22(23)16-29-15-19-6-5-9-28-14-19)13-26-30-24-8-7-20(27(32)33-4)12-25(24)31-26/h5-10,12,14,17,21-23,29H,11,13,15-16H2,1-4H3,(H,30,31)/t21-,22-,23-/m0/s1. The molecule has 0 bridgehead atoms. The van der Waals surface area contributed by atoms with E-state index in [0.29, 0.717) is 29.2 Å². The van der Waals surface area contributed by atoms with Crippen LogP contribution in [0, 0.1) is 23.7 Å². The summed E-state index contributed by atoms with van der Waals surface area (Å²) in [5.41, 5.74) is 4.95. The van der Waals surface area contributed by atoms with Crippen LogP contribution >= 0.6 is 0 Å². The van der Waals surface area contributed by atoms with Gasteiger partial charge in [0.05, 0.1) is 23.7 Å². The lowest BCUT2D eigenvalue weighted by Crippen LogP contribution is -2.34. The average molecular weight is 447 g/mol. The third kappa shape index (κ3) is 5.50. The van der Waals surface area contributed by atoms with Crippen LogP contribution < -0.4 is 5.32 Å². The molecule has 0 unspecified atom stereocenters. The van der Waals surface area contributed by atoms with E-state index in [2.05, 4.69) is 48.2 Å². The molecule has 4 rings (SSSR count). The minimum Gasteiger partial charge on any atom is -0.465 e. The number of fused-ring (bicyclic) bond motifs is 1. The number of hydrogen-bond donors (Lipinski definition) is 2. The maximum absolute atomic E-state index is 11.8. The highest BCUT2D eigenvalue weighted by atomic mass is 16.5. The second-order valence-corrected chi connectivity index (χ2v) is 9.52. The second-order valence-electron chi connectivity index (χ2n) is 9.52. The monoisotopic (exact) mass is 446 g/mol. The quantitative estimate of drug-likeness (QED) is 0.379. The Morgan fingerprint density at radius 2 is 2.15 bits per heavy atom. The summed E-state index contributed by atoms with van der Waals surface area (Å²) < 4.78 is 4.84. The van der Waals surface area contributed by atoms with Crippen LogP contribution in [0.4, 0.5) is 0 Å². The van der Waals surface area contributed by atoms with Gasteiger partial charge in [-0.25, -0.2) is 9.78 Å². The number of carbonyl (C=O) groups is 1. The number of hydrogen-bond acceptors (Lipinski definition) is 5. The highest BCUT2D eigenvalue weighted by Gasteiger charge is 2.31. The van der Waals surface area contributed by atoms with Crippen molar-refractivity contribution in [2.24, 2.45) is 23.7 Å². The normalized spacial score (nSPS) is 20.8. The van der Waals surface area contributed by atoms with Gasteiger partial charge in [0, 0.05) is 31.9 Å². The van der Waals surface area contributed by atoms with Gasteiger partial charge < -0.3 is 15.0 Å². The van der Waals surface area contributed by atoms with Crippen molar-refractivity contribution in [3.05, 3.63) is 71.3 Å². The van der Waals surface area contributed by atoms with Crippen molar-refractivity contribution in [1.82, 2.24) is 20.3 Å². The number of methoxy groups -OCH3 is 1. The van der Waals surface area contributed by atoms with Crippen LogP contribution in [0.2, 0.25) is 0 Å². The van der Waals surface area contributed by atoms with Gasteiger partial charge in [0.1, 0.15) is 5.82 Å². The fourth-order valence-electron chi connectivity index (χ4n) is 5.03. The van der Waals surface area contributed by atoms with E-state index in [1.54, 1.807) is 6.07 Å². The van der Waals surface area contributed by atoms with E-state index in [1.165, 1.54) is 18.2 Å². The molecule has 2 N–H and O–H groups in total. The van der Waals surface area contributed by atoms with E-state index < -0.39 is 0 Å². The van der Waals surface area contributed by atoms with E-state index in [1.807, 2.05) is 30.6 Å². The number of nitrogens with one attached hydrogen (secondary N) is 2. The van der Waals surface area contributed by atoms with Crippen LogP contribution in [0.5, 0.6) is 0 Å². The van der Waals surface area contributed by atoms with Crippen LogP contribution in [-0.2, 0) is 17.7 Å². The van der Waals surface area contributed by atoms with Crippen LogP contribution in [0.1, 0.15) is 48.9 Å². The molecular formula is C27H34N4O2. The summed E-state index contributed by atoms with van der Waals surface area (Å²) in [5.74, 6) is 2.86. The Morgan fingerprint density at radius 1 is 1.30 bits per heavy atom. The van der Waals surface area contributed by atoms with E-state index in [9.17, 15) is 4.79 Å². The van der Waals surface area contributed by atoms with Gasteiger partial charge in [-0.2, -0.15) is 0 Å². The molecule has 174 valence electrons. The zero-order valence-corrected chi connectivity index (χ0v) is 20.0. The van der Waals surface area contributed by atoms with Crippen LogP contribution in [-0.4, -0.2) is 34.6 Å². The van der Waals surface area contributed by atoms with Gasteiger partial charge in [-0.05, 0) is 66.8 Å². The van der Waals surface area contributed by atoms with Crippen molar-refractivity contribution in [2.75, 3.05) is 13.7 Å². The smallest absolute Gasteiger partial charge is 0.337 e. The summed E-state index contributed by atoms with van der Waals surface area (Å²) in [6.45, 7) is 8.74. The summed E-state index contributed by atoms with van der Waals surface area (Å²) in [6.07, 6.45) is 8.25. The Balaban J connectivity index is 1.45. The van der Waals surface area contributed by atoms with Gasteiger partial charge in [0.15, 0.2) is 0 Å². The van der Waals surface area contributed by atoms with Crippen molar-refractivity contribution >= 4 is 17.0 Å². The Morgan fingerprint density at radius 3 is 2.88 bits per heavy atom. The molecule has 3 atom stereocenters. The summed E-state index contributed by atoms with van der Waals surface area (Å²) in [4.78, 5) is 24.3. The number of imidazole rings is 1. The molecule has 1 aliphatic carbocycles. The van der Waals surface area contributed by atoms with Crippen molar-refractivity contribution in [3.8, 4) is 0 Å². The number of esters is 1. The number of ether oxygens (including phenoxy) is 1. The first-order chi connectivity index (χ1) is 15.9. The van der Waals surface area contributed by atoms with Gasteiger partial charge in [-0.1, -0.05) is 31.6 Å². The summed E-state index contributed by atoms with van der Waals surface area (Å²) in [7, 11) is 1.40. The lowest BCUT2D eigenvalue weighted by Gasteiger charge is -2.37. The molecular weight excluding hydrogens is 412 g/mol. The predicted octanol–water partition coefficient (Wildman–Crippen LogP) is 4.93. The molecule has 6 nitrogen and oxygen atoms in total. The van der Waals surface area contributed by atoms with E-state index in [-0.39, 0.29) is 5.97 Å². The van der Waals surface area contributed by atoms with Gasteiger partial charge in [0.2, 0.25) is 0 Å². The summed E-state index contributed by atoms with van der Waals surface area (Å²) in [6, 6.07) is 9.56. The molecule has 0 amide bonds. The number of carbonyl (C=O) groups excluding carboxylic acids is 1. The Labute approximate surface area is 195 Å². The van der Waals surface area contributed by atoms with E-state index in [0.717, 1.165) is 42.8 Å². The number of pyridine rings is 1. The highest BCUT2D eigenvalue weighted by molar-refractivity contribution is 5.93. The first kappa shape index (κ1) is 23.2. The minimum absolute atomic E-state index is 0.331. The SMILES string of the molecule is COC(=O)c1ccc2nc(C[C@@H]3C[C@@H](C(C)C)[C@H](CNCc4cccnc4)C=C3C)[nH]c2c1. The zero-order chi connectivity index (χ0) is 23.4. The fourth-order valence-corrected chi connectivity index (χ4v) is 5.03. The molecule has 0 radical (unpaired) electrons. The lowest BCUT2D eigenvalue weighted by molar-refractivity contribution is 0.0601. The van der Waals surface area contributed by atoms with Crippen LogP contribution in [0.25, 0.3) is 11.0 Å². The number of allylic oxidation sites excluding steroid dienone is 1. The molecule has 0 saturated carbocycles. The van der Waals surface area contributed by atoms with Crippen LogP contribution in [0.15, 0.2) is 54.4 Å². The van der Waals surface area contributed by atoms with Crippen LogP contribution in [0.3, 0.4) is 0 Å². The minimum atomic E-state index is -0.331. The first-order valence-corrected chi connectivity index (χ1v) is 11.8. The van der Waals surface area contributed by atoms with E-state index >= 15 is 0 Å². The first-order valence-electron chi connectivity index (χ1n) is 11.8. The average Bonchev–Trinajstić information content (AvgIpc) is 3.22. The molecule has 2 heterocycles. The maximum Gasteiger partial charge on any atom is 0.337 e. The second kappa shape index (κ2) is 10.3. The molecule has 0 spiro atoms. The maximum atomic E-state index is 11.8. The molecule has 1 aliphatic rings. The van der Waals surface area contributed by atoms with Crippen molar-refractivity contribution in [1.29, 1.82) is 0 Å². The fraction of sp³-hybridized carbons (Fsp3) is 0.444. The Kier molecular flexibility index (Phi) is 7.23. The molecule has 6 heteroatoms. The highest BCUT2D eigenvalue weighted by Crippen LogP contribution is 2.38. The largest absolute Gasteiger partial charge is 0.465 e. The van der Waals surface area contributed by atoms with Gasteiger partial charge >= 0.3 is 5.97 Å². The van der Waals surface area contributed by atoms with Crippen molar-refractivity contribution in [3.63, 3.8) is 0 Å². The molecule has 0 saturated heterocycles. The third-order valence-corrected chi connectivity index (χ3v) is 6.91. The molecule has 0 fully saturated rings. The Bertz CT molecular complexity index is 1120. The Hall–Kier alpha value is -2.99. The predicted molar refractivity (Wildman–Crippen MR) is 131 cm³/mol. The topological polar surface area (TPSA) is 79.9 Å². The number of rotatable bonds is 8. The number of aromatic amines is 1. The molecule has 1 aromatic carbocycles. The number of H-pyrrole nitrogens is 1. The van der Waals surface area contributed by atoms with E-state index in [4.69, 9.17) is 9.72 Å². The van der Waals surface area contributed by atoms with Crippen molar-refractivity contribution < 1.29 is 9.53 Å². The summed E-state index contributed by atoms with van der Waals surface area (Å²) >= 11 is 0. The van der Waals surface area contributed by atoms with Gasteiger partial charge in [0.25, 0.3) is 0 Å². The third-order valence-electron chi connectivity index (χ3n) is 6.91. The van der Waals surface area contributed by atoms with Crippen molar-refractivity contribution in [2.45, 2.75) is 40.2 Å². The number of aromatic nitrogens is 3.